The average Bonchev–Trinajstić information content (AvgIpc) is 3.52. The minimum atomic E-state index is -0.0175. The molecule has 2 aliphatic heterocycles. The first-order valence-electron chi connectivity index (χ1n) is 11.3. The molecule has 156 valence electrons. The van der Waals surface area contributed by atoms with E-state index >= 15 is 0 Å². The smallest absolute Gasteiger partial charge is 0.267 e. The molecule has 4 aliphatic rings. The lowest BCUT2D eigenvalue weighted by Crippen LogP contribution is -2.52. The number of aromatic nitrogens is 2. The van der Waals surface area contributed by atoms with Crippen LogP contribution in [0.4, 0.5) is 17.3 Å². The van der Waals surface area contributed by atoms with Crippen molar-refractivity contribution < 1.29 is 4.79 Å². The first kappa shape index (κ1) is 18.0. The molecular formula is C23H28N6O. The van der Waals surface area contributed by atoms with Gasteiger partial charge >= 0.3 is 0 Å². The molecular weight excluding hydrogens is 376 g/mol. The highest BCUT2D eigenvalue weighted by atomic mass is 16.2. The van der Waals surface area contributed by atoms with Crippen LogP contribution in [0.1, 0.15) is 55.3 Å². The van der Waals surface area contributed by atoms with Crippen molar-refractivity contribution in [1.29, 1.82) is 0 Å². The van der Waals surface area contributed by atoms with Crippen molar-refractivity contribution in [3.8, 4) is 0 Å². The molecule has 1 aromatic heterocycles. The van der Waals surface area contributed by atoms with Crippen LogP contribution in [-0.2, 0) is 6.54 Å². The third-order valence-corrected chi connectivity index (χ3v) is 7.19. The Labute approximate surface area is 176 Å². The van der Waals surface area contributed by atoms with Gasteiger partial charge in [-0.15, -0.1) is 0 Å². The van der Waals surface area contributed by atoms with E-state index in [0.29, 0.717) is 29.4 Å². The normalized spacial score (nSPS) is 25.4. The fourth-order valence-corrected chi connectivity index (χ4v) is 5.70. The molecule has 2 atom stereocenters. The van der Waals surface area contributed by atoms with Crippen LogP contribution in [0, 0.1) is 5.92 Å². The number of fused-ring (bicyclic) bond motifs is 5. The van der Waals surface area contributed by atoms with E-state index in [1.165, 1.54) is 32.1 Å². The maximum Gasteiger partial charge on any atom is 0.267 e. The van der Waals surface area contributed by atoms with Crippen LogP contribution in [0.3, 0.4) is 0 Å². The van der Waals surface area contributed by atoms with Crippen molar-refractivity contribution in [1.82, 2.24) is 14.7 Å². The Morgan fingerprint density at radius 1 is 1.07 bits per heavy atom. The Balaban J connectivity index is 1.48. The Kier molecular flexibility index (Phi) is 4.11. The molecule has 2 aromatic rings. The Morgan fingerprint density at radius 3 is 2.67 bits per heavy atom. The van der Waals surface area contributed by atoms with Gasteiger partial charge in [-0.25, -0.2) is 9.67 Å². The zero-order chi connectivity index (χ0) is 20.2. The van der Waals surface area contributed by atoms with E-state index in [9.17, 15) is 4.79 Å². The summed E-state index contributed by atoms with van der Waals surface area (Å²) in [5.41, 5.74) is 1.63. The number of benzene rings is 1. The van der Waals surface area contributed by atoms with Crippen molar-refractivity contribution in [2.75, 3.05) is 17.3 Å². The molecule has 2 saturated carbocycles. The SMILES string of the molecule is CN1C(=O)c2c(Nc3ccccc3)nn(CC3CCCC3)c2N2C1=N[C@@H]1CCC[C@@H]12. The second kappa shape index (κ2) is 6.86. The highest BCUT2D eigenvalue weighted by Crippen LogP contribution is 2.44. The number of para-hydroxylation sites is 1. The number of amides is 1. The number of nitrogens with one attached hydrogen (secondary N) is 1. The number of aliphatic imine (C=N–C) groups is 1. The molecule has 7 heteroatoms. The zero-order valence-electron chi connectivity index (χ0n) is 17.4. The number of hydrogen-bond donors (Lipinski definition) is 1. The van der Waals surface area contributed by atoms with Crippen LogP contribution >= 0.6 is 0 Å². The summed E-state index contributed by atoms with van der Waals surface area (Å²) in [6.45, 7) is 0.872. The monoisotopic (exact) mass is 404 g/mol. The van der Waals surface area contributed by atoms with Gasteiger partial charge in [-0.2, -0.15) is 5.10 Å². The first-order chi connectivity index (χ1) is 14.7. The van der Waals surface area contributed by atoms with Crippen LogP contribution in [0.2, 0.25) is 0 Å². The summed E-state index contributed by atoms with van der Waals surface area (Å²) in [6, 6.07) is 10.6. The highest BCUT2D eigenvalue weighted by Gasteiger charge is 2.49. The molecule has 30 heavy (non-hydrogen) atoms. The van der Waals surface area contributed by atoms with Gasteiger partial charge in [-0.3, -0.25) is 14.6 Å². The van der Waals surface area contributed by atoms with Crippen molar-refractivity contribution in [2.45, 2.75) is 63.6 Å². The van der Waals surface area contributed by atoms with E-state index in [1.807, 2.05) is 37.4 Å². The van der Waals surface area contributed by atoms with E-state index < -0.39 is 0 Å². The standard InChI is InChI=1S/C23H28N6O/c1-27-22(30)19-20(24-16-10-3-2-4-11-16)26-28(14-15-8-5-6-9-15)21(19)29-18-13-7-12-17(18)25-23(27)29/h2-4,10-11,15,17-18H,5-9,12-14H2,1H3,(H,24,26)/t17-,18+/m1/s1. The van der Waals surface area contributed by atoms with Crippen LogP contribution in [-0.4, -0.2) is 45.7 Å². The van der Waals surface area contributed by atoms with Crippen molar-refractivity contribution >= 4 is 29.2 Å². The van der Waals surface area contributed by atoms with Gasteiger partial charge in [0, 0.05) is 19.3 Å². The lowest BCUT2D eigenvalue weighted by Gasteiger charge is -2.36. The van der Waals surface area contributed by atoms with Gasteiger partial charge in [0.15, 0.2) is 5.82 Å². The molecule has 0 saturated heterocycles. The van der Waals surface area contributed by atoms with Gasteiger partial charge in [-0.05, 0) is 50.2 Å². The second-order valence-electron chi connectivity index (χ2n) is 9.10. The molecule has 0 bridgehead atoms. The van der Waals surface area contributed by atoms with Crippen LogP contribution < -0.4 is 10.2 Å². The summed E-state index contributed by atoms with van der Waals surface area (Å²) in [5.74, 6) is 3.04. The van der Waals surface area contributed by atoms with E-state index in [1.54, 1.807) is 4.90 Å². The molecule has 1 aromatic carbocycles. The van der Waals surface area contributed by atoms with Gasteiger partial charge in [0.2, 0.25) is 5.96 Å². The zero-order valence-corrected chi connectivity index (χ0v) is 17.4. The fraction of sp³-hybridized carbons (Fsp3) is 0.522. The highest BCUT2D eigenvalue weighted by molar-refractivity contribution is 6.21. The number of rotatable bonds is 4. The molecule has 1 amide bonds. The Hall–Kier alpha value is -2.83. The quantitative estimate of drug-likeness (QED) is 0.837. The number of carbonyl (C=O) groups excluding carboxylic acids is 1. The third kappa shape index (κ3) is 2.67. The van der Waals surface area contributed by atoms with Crippen molar-refractivity contribution in [2.24, 2.45) is 10.9 Å². The van der Waals surface area contributed by atoms with Crippen molar-refractivity contribution in [3.05, 3.63) is 35.9 Å². The van der Waals surface area contributed by atoms with Gasteiger partial charge in [0.25, 0.3) is 5.91 Å². The van der Waals surface area contributed by atoms with Crippen LogP contribution in [0.25, 0.3) is 0 Å². The maximum absolute atomic E-state index is 13.5. The summed E-state index contributed by atoms with van der Waals surface area (Å²) in [4.78, 5) is 22.5. The summed E-state index contributed by atoms with van der Waals surface area (Å²) >= 11 is 0. The summed E-state index contributed by atoms with van der Waals surface area (Å²) in [6.07, 6.45) is 8.51. The Bertz CT molecular complexity index is 1010. The average molecular weight is 405 g/mol. The van der Waals surface area contributed by atoms with Gasteiger partial charge < -0.3 is 5.32 Å². The van der Waals surface area contributed by atoms with Crippen LogP contribution in [0.5, 0.6) is 0 Å². The maximum atomic E-state index is 13.5. The lowest BCUT2D eigenvalue weighted by molar-refractivity contribution is 0.0865. The fourth-order valence-electron chi connectivity index (χ4n) is 5.70. The molecule has 3 heterocycles. The van der Waals surface area contributed by atoms with Crippen molar-refractivity contribution in [3.63, 3.8) is 0 Å². The minimum absolute atomic E-state index is 0.0175. The molecule has 2 aliphatic carbocycles. The number of carbonyl (C=O) groups is 1. The van der Waals surface area contributed by atoms with E-state index in [-0.39, 0.29) is 5.91 Å². The first-order valence-corrected chi connectivity index (χ1v) is 11.3. The van der Waals surface area contributed by atoms with Gasteiger partial charge in [0.05, 0.1) is 12.1 Å². The topological polar surface area (TPSA) is 65.8 Å². The second-order valence-corrected chi connectivity index (χ2v) is 9.10. The molecule has 7 nitrogen and oxygen atoms in total. The molecule has 2 fully saturated rings. The summed E-state index contributed by atoms with van der Waals surface area (Å²) < 4.78 is 2.11. The van der Waals surface area contributed by atoms with E-state index in [4.69, 9.17) is 10.1 Å². The predicted octanol–water partition coefficient (Wildman–Crippen LogP) is 4.00. The third-order valence-electron chi connectivity index (χ3n) is 7.19. The molecule has 0 radical (unpaired) electrons. The van der Waals surface area contributed by atoms with Gasteiger partial charge in [-0.1, -0.05) is 31.0 Å². The summed E-state index contributed by atoms with van der Waals surface area (Å²) in [5, 5.41) is 8.39. The Morgan fingerprint density at radius 2 is 1.87 bits per heavy atom. The van der Waals surface area contributed by atoms with E-state index in [2.05, 4.69) is 14.9 Å². The number of anilines is 3. The largest absolute Gasteiger partial charge is 0.338 e. The molecule has 1 N–H and O–H groups in total. The van der Waals surface area contributed by atoms with Gasteiger partial charge in [0.1, 0.15) is 11.4 Å². The number of nitrogens with zero attached hydrogens (tertiary/aromatic N) is 5. The predicted molar refractivity (Wildman–Crippen MR) is 117 cm³/mol. The lowest BCUT2D eigenvalue weighted by atomic mass is 10.1. The molecule has 6 rings (SSSR count). The molecule has 0 spiro atoms. The summed E-state index contributed by atoms with van der Waals surface area (Å²) in [7, 11) is 1.85. The minimum Gasteiger partial charge on any atom is -0.338 e. The number of hydrogen-bond acceptors (Lipinski definition) is 5. The molecule has 0 unspecified atom stereocenters. The van der Waals surface area contributed by atoms with Crippen LogP contribution in [0.15, 0.2) is 35.3 Å². The number of guanidine groups is 1. The van der Waals surface area contributed by atoms with E-state index in [0.717, 1.165) is 36.9 Å².